The fraction of sp³-hybridized carbons (Fsp3) is 0. The molecule has 0 saturated carbocycles. The molecular weight excluding hydrogens is 518 g/mol. The molecule has 5 rings (SSSR count). The molecule has 1 aliphatic rings. The fourth-order valence-electron chi connectivity index (χ4n) is 3.08. The minimum absolute atomic E-state index is 0.0573. The molecule has 0 radical (unpaired) electrons. The number of aliphatic imine (C=N–C) groups is 1. The van der Waals surface area contributed by atoms with Gasteiger partial charge in [0.1, 0.15) is 10.6 Å². The summed E-state index contributed by atoms with van der Waals surface area (Å²) in [4.78, 5) is 29.7. The van der Waals surface area contributed by atoms with Gasteiger partial charge in [0, 0.05) is 20.1 Å². The topological polar surface area (TPSA) is 78.1 Å². The van der Waals surface area contributed by atoms with Crippen LogP contribution in [0.1, 0.15) is 21.0 Å². The lowest BCUT2D eigenvalue weighted by Crippen LogP contribution is -2.08. The third-order valence-corrected chi connectivity index (χ3v) is 6.70. The molecular formula is C23H11BrClNO5S. The lowest BCUT2D eigenvalue weighted by atomic mass is 10.1. The summed E-state index contributed by atoms with van der Waals surface area (Å²) in [7, 11) is 0. The van der Waals surface area contributed by atoms with E-state index in [2.05, 4.69) is 20.9 Å². The molecule has 4 aromatic rings. The molecule has 32 heavy (non-hydrogen) atoms. The maximum atomic E-state index is 12.5. The molecule has 3 heterocycles. The summed E-state index contributed by atoms with van der Waals surface area (Å²) in [5.74, 6) is -0.856. The molecule has 0 saturated heterocycles. The minimum Gasteiger partial charge on any atom is -0.457 e. The van der Waals surface area contributed by atoms with Gasteiger partial charge in [-0.15, -0.1) is 11.3 Å². The van der Waals surface area contributed by atoms with Gasteiger partial charge in [-0.05, 0) is 42.5 Å². The summed E-state index contributed by atoms with van der Waals surface area (Å²) in [6, 6.07) is 15.7. The van der Waals surface area contributed by atoms with Crippen LogP contribution in [0.25, 0.3) is 16.2 Å². The van der Waals surface area contributed by atoms with E-state index in [1.54, 1.807) is 24.3 Å². The number of fused-ring (bicyclic) bond motifs is 1. The van der Waals surface area contributed by atoms with Crippen LogP contribution >= 0.6 is 38.9 Å². The highest BCUT2D eigenvalue weighted by Crippen LogP contribution is 2.37. The maximum absolute atomic E-state index is 12.5. The number of ether oxygens (including phenoxy) is 2. The molecule has 2 aromatic heterocycles. The van der Waals surface area contributed by atoms with Crippen molar-refractivity contribution in [1.29, 1.82) is 0 Å². The number of hydrogen-bond donors (Lipinski definition) is 0. The highest BCUT2D eigenvalue weighted by atomic mass is 79.9. The summed E-state index contributed by atoms with van der Waals surface area (Å²) in [6.07, 6.45) is 2.87. The summed E-state index contributed by atoms with van der Waals surface area (Å²) in [5.41, 5.74) is 0.514. The highest BCUT2D eigenvalue weighted by Gasteiger charge is 2.28. The second-order valence-electron chi connectivity index (χ2n) is 6.63. The van der Waals surface area contributed by atoms with Crippen molar-refractivity contribution in [2.45, 2.75) is 0 Å². The molecule has 0 N–H and O–H groups in total. The smallest absolute Gasteiger partial charge is 0.379 e. The summed E-state index contributed by atoms with van der Waals surface area (Å²) in [6.45, 7) is 0. The van der Waals surface area contributed by atoms with Crippen LogP contribution in [-0.2, 0) is 9.53 Å². The van der Waals surface area contributed by atoms with Gasteiger partial charge >= 0.3 is 11.9 Å². The number of halogens is 2. The first-order chi connectivity index (χ1) is 15.5. The Kier molecular flexibility index (Phi) is 5.42. The Morgan fingerprint density at radius 3 is 2.78 bits per heavy atom. The third kappa shape index (κ3) is 3.88. The Bertz CT molecular complexity index is 1440. The number of carbonyl (C=O) groups is 2. The molecule has 0 aliphatic carbocycles. The molecule has 6 nitrogen and oxygen atoms in total. The molecule has 0 unspecified atom stereocenters. The zero-order valence-electron chi connectivity index (χ0n) is 16.0. The van der Waals surface area contributed by atoms with E-state index in [4.69, 9.17) is 25.5 Å². The first kappa shape index (κ1) is 20.7. The van der Waals surface area contributed by atoms with Crippen LogP contribution in [-0.4, -0.2) is 17.8 Å². The minimum atomic E-state index is -0.660. The van der Waals surface area contributed by atoms with Crippen molar-refractivity contribution in [3.8, 4) is 5.75 Å². The quantitative estimate of drug-likeness (QED) is 0.172. The van der Waals surface area contributed by atoms with E-state index in [0.717, 1.165) is 14.6 Å². The predicted molar refractivity (Wildman–Crippen MR) is 125 cm³/mol. The number of carbonyl (C=O) groups excluding carboxylic acids is 2. The van der Waals surface area contributed by atoms with Crippen molar-refractivity contribution >= 4 is 72.9 Å². The van der Waals surface area contributed by atoms with Crippen LogP contribution < -0.4 is 4.74 Å². The zero-order chi connectivity index (χ0) is 22.2. The first-order valence-electron chi connectivity index (χ1n) is 9.25. The van der Waals surface area contributed by atoms with Gasteiger partial charge in [0.05, 0.1) is 11.3 Å². The maximum Gasteiger partial charge on any atom is 0.379 e. The van der Waals surface area contributed by atoms with Gasteiger partial charge in [0.2, 0.25) is 11.7 Å². The monoisotopic (exact) mass is 527 g/mol. The summed E-state index contributed by atoms with van der Waals surface area (Å²) < 4.78 is 17.6. The molecule has 0 atom stereocenters. The normalized spacial score (nSPS) is 14.6. The number of cyclic esters (lactones) is 1. The number of benzene rings is 2. The average Bonchev–Trinajstić information content (AvgIpc) is 3.51. The van der Waals surface area contributed by atoms with E-state index >= 15 is 0 Å². The summed E-state index contributed by atoms with van der Waals surface area (Å²) >= 11 is 11.3. The van der Waals surface area contributed by atoms with Gasteiger partial charge in [0.15, 0.2) is 5.70 Å². The highest BCUT2D eigenvalue weighted by molar-refractivity contribution is 9.10. The molecule has 158 valence electrons. The van der Waals surface area contributed by atoms with E-state index in [-0.39, 0.29) is 23.1 Å². The molecule has 0 amide bonds. The van der Waals surface area contributed by atoms with Crippen LogP contribution in [0.15, 0.2) is 80.4 Å². The number of hydrogen-bond acceptors (Lipinski definition) is 7. The van der Waals surface area contributed by atoms with E-state index < -0.39 is 11.9 Å². The number of rotatable bonds is 4. The summed E-state index contributed by atoms with van der Waals surface area (Å²) in [5, 5.41) is 1.35. The lowest BCUT2D eigenvalue weighted by molar-refractivity contribution is -0.129. The Balaban J connectivity index is 1.51. The van der Waals surface area contributed by atoms with Gasteiger partial charge in [-0.25, -0.2) is 14.6 Å². The van der Waals surface area contributed by atoms with E-state index in [1.165, 1.54) is 29.7 Å². The zero-order valence-corrected chi connectivity index (χ0v) is 19.2. The van der Waals surface area contributed by atoms with E-state index in [1.807, 2.05) is 24.3 Å². The Morgan fingerprint density at radius 2 is 2.00 bits per heavy atom. The van der Waals surface area contributed by atoms with Crippen LogP contribution in [0.2, 0.25) is 5.02 Å². The van der Waals surface area contributed by atoms with Crippen molar-refractivity contribution in [3.63, 3.8) is 0 Å². The van der Waals surface area contributed by atoms with Gasteiger partial charge in [0.25, 0.3) is 0 Å². The molecule has 2 aromatic carbocycles. The second-order valence-corrected chi connectivity index (χ2v) is 8.97. The van der Waals surface area contributed by atoms with Gasteiger partial charge in [-0.3, -0.25) is 0 Å². The molecule has 0 bridgehead atoms. The Morgan fingerprint density at radius 1 is 1.16 bits per heavy atom. The van der Waals surface area contributed by atoms with Crippen LogP contribution in [0.4, 0.5) is 0 Å². The van der Waals surface area contributed by atoms with Gasteiger partial charge in [-0.2, -0.15) is 0 Å². The predicted octanol–water partition coefficient (Wildman–Crippen LogP) is 6.47. The fourth-order valence-corrected chi connectivity index (χ4v) is 4.89. The Hall–Kier alpha value is -3.20. The standard InChI is InChI=1S/C23H11BrClNO5S/c24-13-7-8-16(30-23(28)17-5-3-9-29-17)12(10-13)11-15-22(27)31-21(26-15)20-19(25)14-4-1-2-6-18(14)32-20/h1-11H/b15-11+. The van der Waals surface area contributed by atoms with Crippen molar-refractivity contribution in [2.24, 2.45) is 4.99 Å². The number of esters is 2. The lowest BCUT2D eigenvalue weighted by Gasteiger charge is -2.07. The average molecular weight is 529 g/mol. The number of nitrogens with zero attached hydrogens (tertiary/aromatic N) is 1. The van der Waals surface area contributed by atoms with Crippen LogP contribution in [0.3, 0.4) is 0 Å². The van der Waals surface area contributed by atoms with Crippen molar-refractivity contribution in [3.05, 3.63) is 92.3 Å². The first-order valence-corrected chi connectivity index (χ1v) is 11.2. The number of furan rings is 1. The van der Waals surface area contributed by atoms with Crippen LogP contribution in [0, 0.1) is 0 Å². The van der Waals surface area contributed by atoms with Gasteiger partial charge < -0.3 is 13.9 Å². The van der Waals surface area contributed by atoms with Crippen molar-refractivity contribution in [2.75, 3.05) is 0 Å². The van der Waals surface area contributed by atoms with E-state index in [9.17, 15) is 9.59 Å². The van der Waals surface area contributed by atoms with Crippen molar-refractivity contribution in [1.82, 2.24) is 0 Å². The second kappa shape index (κ2) is 8.38. The largest absolute Gasteiger partial charge is 0.457 e. The molecule has 0 fully saturated rings. The SMILES string of the molecule is O=C1OC(c2sc3ccccc3c2Cl)=N/C1=C/c1cc(Br)ccc1OC(=O)c1ccco1. The third-order valence-electron chi connectivity index (χ3n) is 4.54. The molecule has 9 heteroatoms. The van der Waals surface area contributed by atoms with E-state index in [0.29, 0.717) is 15.5 Å². The number of thiophene rings is 1. The van der Waals surface area contributed by atoms with Crippen LogP contribution in [0.5, 0.6) is 5.75 Å². The Labute approximate surface area is 198 Å². The molecule has 1 aliphatic heterocycles. The van der Waals surface area contributed by atoms with Crippen molar-refractivity contribution < 1.29 is 23.5 Å². The molecule has 0 spiro atoms. The van der Waals surface area contributed by atoms with Gasteiger partial charge in [-0.1, -0.05) is 45.7 Å².